The van der Waals surface area contributed by atoms with Gasteiger partial charge in [-0.25, -0.2) is 0 Å². The first-order valence-electron chi connectivity index (χ1n) is 10.5. The zero-order chi connectivity index (χ0) is 23.7. The maximum atomic E-state index is 12.8. The summed E-state index contributed by atoms with van der Waals surface area (Å²) in [6.07, 6.45) is -2.49. The van der Waals surface area contributed by atoms with Gasteiger partial charge in [-0.2, -0.15) is 13.2 Å². The third kappa shape index (κ3) is 7.00. The van der Waals surface area contributed by atoms with Gasteiger partial charge < -0.3 is 14.8 Å². The van der Waals surface area contributed by atoms with Crippen LogP contribution in [0.15, 0.2) is 42.5 Å². The highest BCUT2D eigenvalue weighted by atomic mass is 19.4. The molecule has 2 rings (SSSR count). The first kappa shape index (κ1) is 25.2. The third-order valence-electron chi connectivity index (χ3n) is 4.98. The van der Waals surface area contributed by atoms with Gasteiger partial charge in [0.25, 0.3) is 5.91 Å². The van der Waals surface area contributed by atoms with Crippen LogP contribution in [0.25, 0.3) is 0 Å². The van der Waals surface area contributed by atoms with Gasteiger partial charge in [-0.1, -0.05) is 31.5 Å². The highest BCUT2D eigenvalue weighted by Crippen LogP contribution is 2.29. The zero-order valence-corrected chi connectivity index (χ0v) is 18.4. The summed E-state index contributed by atoms with van der Waals surface area (Å²) in [4.78, 5) is 25.0. The number of carbonyl (C=O) groups excluding carboxylic acids is 2. The van der Waals surface area contributed by atoms with E-state index in [1.807, 2.05) is 6.92 Å². The molecular weight excluding hydrogens is 423 g/mol. The molecule has 1 unspecified atom stereocenters. The van der Waals surface area contributed by atoms with E-state index in [-0.39, 0.29) is 24.0 Å². The number of hydrogen-bond acceptors (Lipinski definition) is 4. The topological polar surface area (TPSA) is 64.6 Å². The molecule has 0 aliphatic heterocycles. The third-order valence-corrected chi connectivity index (χ3v) is 4.98. The number of halogens is 3. The average molecular weight is 451 g/mol. The number of benzene rings is 2. The molecule has 174 valence electrons. The van der Waals surface area contributed by atoms with E-state index in [1.165, 1.54) is 19.2 Å². The van der Waals surface area contributed by atoms with Crippen LogP contribution in [0, 0.1) is 5.92 Å². The van der Waals surface area contributed by atoms with Crippen LogP contribution in [-0.2, 0) is 28.7 Å². The molecule has 2 aromatic rings. The van der Waals surface area contributed by atoms with Crippen LogP contribution in [0.1, 0.15) is 53.7 Å². The molecule has 0 radical (unpaired) electrons. The molecule has 32 heavy (non-hydrogen) atoms. The number of rotatable bonds is 10. The second-order valence-corrected chi connectivity index (χ2v) is 7.35. The molecule has 0 fully saturated rings. The first-order valence-corrected chi connectivity index (χ1v) is 10.5. The van der Waals surface area contributed by atoms with Crippen molar-refractivity contribution < 1.29 is 32.2 Å². The smallest absolute Gasteiger partial charge is 0.416 e. The number of alkyl halides is 3. The second kappa shape index (κ2) is 11.5. The fourth-order valence-corrected chi connectivity index (χ4v) is 3.35. The summed E-state index contributed by atoms with van der Waals surface area (Å²) in [5.41, 5.74) is 0.866. The summed E-state index contributed by atoms with van der Waals surface area (Å²) in [7, 11) is 1.44. The van der Waals surface area contributed by atoms with Gasteiger partial charge >= 0.3 is 12.1 Å². The van der Waals surface area contributed by atoms with Crippen molar-refractivity contribution in [1.82, 2.24) is 5.32 Å². The fourth-order valence-electron chi connectivity index (χ4n) is 3.35. The molecule has 2 aromatic carbocycles. The number of nitrogens with one attached hydrogen (secondary N) is 1. The predicted molar refractivity (Wildman–Crippen MR) is 114 cm³/mol. The minimum atomic E-state index is -4.41. The molecular formula is C24H28F3NO4. The number of amides is 1. The molecule has 0 aliphatic rings. The Kier molecular flexibility index (Phi) is 9.11. The Balaban J connectivity index is 2.13. The van der Waals surface area contributed by atoms with Gasteiger partial charge in [-0.3, -0.25) is 9.59 Å². The molecule has 0 bridgehead atoms. The normalized spacial score (nSPS) is 12.2. The largest absolute Gasteiger partial charge is 0.496 e. The highest BCUT2D eigenvalue weighted by molar-refractivity contribution is 5.97. The van der Waals surface area contributed by atoms with Crippen molar-refractivity contribution in [2.45, 2.75) is 45.8 Å². The number of esters is 1. The fraction of sp³-hybridized carbons (Fsp3) is 0.417. The number of ether oxygens (including phenoxy) is 2. The first-order chi connectivity index (χ1) is 15.2. The van der Waals surface area contributed by atoms with Crippen LogP contribution < -0.4 is 10.1 Å². The van der Waals surface area contributed by atoms with Crippen molar-refractivity contribution in [2.75, 3.05) is 13.7 Å². The molecule has 0 spiro atoms. The van der Waals surface area contributed by atoms with Crippen LogP contribution in [0.3, 0.4) is 0 Å². The summed E-state index contributed by atoms with van der Waals surface area (Å²) in [5.74, 6) is -0.636. The van der Waals surface area contributed by atoms with E-state index in [4.69, 9.17) is 9.47 Å². The monoisotopic (exact) mass is 451 g/mol. The molecule has 0 heterocycles. The maximum absolute atomic E-state index is 12.8. The van der Waals surface area contributed by atoms with Crippen LogP contribution in [-0.4, -0.2) is 25.6 Å². The molecule has 8 heteroatoms. The van der Waals surface area contributed by atoms with Crippen LogP contribution in [0.4, 0.5) is 13.2 Å². The lowest BCUT2D eigenvalue weighted by Crippen LogP contribution is -2.24. The van der Waals surface area contributed by atoms with Gasteiger partial charge in [0.15, 0.2) is 0 Å². The Labute approximate surface area is 185 Å². The molecule has 0 aromatic heterocycles. The minimum absolute atomic E-state index is 0.0611. The van der Waals surface area contributed by atoms with Crippen molar-refractivity contribution in [3.05, 3.63) is 64.7 Å². The van der Waals surface area contributed by atoms with Gasteiger partial charge in [0, 0.05) is 6.54 Å². The van der Waals surface area contributed by atoms with Crippen molar-refractivity contribution in [3.63, 3.8) is 0 Å². The van der Waals surface area contributed by atoms with Crippen LogP contribution >= 0.6 is 0 Å². The van der Waals surface area contributed by atoms with E-state index < -0.39 is 17.6 Å². The van der Waals surface area contributed by atoms with Crippen molar-refractivity contribution >= 4 is 11.9 Å². The Morgan fingerprint density at radius 3 is 2.25 bits per heavy atom. The van der Waals surface area contributed by atoms with E-state index in [0.29, 0.717) is 30.8 Å². The molecule has 1 N–H and O–H groups in total. The number of carbonyl (C=O) groups is 2. The van der Waals surface area contributed by atoms with E-state index in [1.54, 1.807) is 25.1 Å². The Bertz CT molecular complexity index is 910. The second-order valence-electron chi connectivity index (χ2n) is 7.35. The van der Waals surface area contributed by atoms with Crippen molar-refractivity contribution in [3.8, 4) is 5.75 Å². The summed E-state index contributed by atoms with van der Waals surface area (Å²) in [6.45, 7) is 4.11. The van der Waals surface area contributed by atoms with Gasteiger partial charge in [-0.05, 0) is 55.2 Å². The number of hydrogen-bond donors (Lipinski definition) is 1. The lowest BCUT2D eigenvalue weighted by Gasteiger charge is -2.16. The Hall–Kier alpha value is -3.03. The SMILES string of the molecule is CCCC(Cc1ccc(OC)c(C(=O)NCc2ccc(C(F)(F)F)cc2)c1)C(=O)OCC. The van der Waals surface area contributed by atoms with Gasteiger partial charge in [-0.15, -0.1) is 0 Å². The predicted octanol–water partition coefficient (Wildman–Crippen LogP) is 5.17. The summed E-state index contributed by atoms with van der Waals surface area (Å²) in [5, 5.41) is 2.71. The van der Waals surface area contributed by atoms with E-state index >= 15 is 0 Å². The summed E-state index contributed by atoms with van der Waals surface area (Å²) in [6, 6.07) is 9.74. The molecule has 0 saturated heterocycles. The Morgan fingerprint density at radius 2 is 1.69 bits per heavy atom. The molecule has 1 atom stereocenters. The van der Waals surface area contributed by atoms with Gasteiger partial charge in [0.05, 0.1) is 30.8 Å². The standard InChI is InChI=1S/C24H28F3NO4/c1-4-6-18(23(30)32-5-2)13-17-9-12-21(31-3)20(14-17)22(29)28-15-16-7-10-19(11-8-16)24(25,26)27/h7-12,14,18H,4-6,13,15H2,1-3H3,(H,28,29). The zero-order valence-electron chi connectivity index (χ0n) is 18.4. The quantitative estimate of drug-likeness (QED) is 0.507. The van der Waals surface area contributed by atoms with Crippen LogP contribution in [0.5, 0.6) is 5.75 Å². The van der Waals surface area contributed by atoms with Crippen LogP contribution in [0.2, 0.25) is 0 Å². The summed E-state index contributed by atoms with van der Waals surface area (Å²) >= 11 is 0. The van der Waals surface area contributed by atoms with Gasteiger partial charge in [0.1, 0.15) is 5.75 Å². The Morgan fingerprint density at radius 1 is 1.03 bits per heavy atom. The average Bonchev–Trinajstić information content (AvgIpc) is 2.77. The molecule has 1 amide bonds. The van der Waals surface area contributed by atoms with Crippen molar-refractivity contribution in [2.24, 2.45) is 5.92 Å². The van der Waals surface area contributed by atoms with Crippen molar-refractivity contribution in [1.29, 1.82) is 0 Å². The highest BCUT2D eigenvalue weighted by Gasteiger charge is 2.30. The number of methoxy groups -OCH3 is 1. The van der Waals surface area contributed by atoms with E-state index in [2.05, 4.69) is 5.32 Å². The minimum Gasteiger partial charge on any atom is -0.496 e. The summed E-state index contributed by atoms with van der Waals surface area (Å²) < 4.78 is 48.5. The molecule has 5 nitrogen and oxygen atoms in total. The maximum Gasteiger partial charge on any atom is 0.416 e. The molecule has 0 aliphatic carbocycles. The molecule has 0 saturated carbocycles. The van der Waals surface area contributed by atoms with Gasteiger partial charge in [0.2, 0.25) is 0 Å². The van der Waals surface area contributed by atoms with E-state index in [0.717, 1.165) is 24.1 Å². The lowest BCUT2D eigenvalue weighted by atomic mass is 9.94. The van der Waals surface area contributed by atoms with E-state index in [9.17, 15) is 22.8 Å². The lowest BCUT2D eigenvalue weighted by molar-refractivity contribution is -0.148.